The highest BCUT2D eigenvalue weighted by Crippen LogP contribution is 2.23. The number of nitrogens with zero attached hydrogens (tertiary/aromatic N) is 2. The van der Waals surface area contributed by atoms with Gasteiger partial charge in [-0.1, -0.05) is 16.1 Å². The number of thiophene rings is 1. The van der Waals surface area contributed by atoms with Crippen LogP contribution in [-0.4, -0.2) is 15.4 Å². The molecule has 6 heteroatoms. The Morgan fingerprint density at radius 3 is 2.85 bits per heavy atom. The fourth-order valence-corrected chi connectivity index (χ4v) is 2.25. The minimum atomic E-state index is -0.120. The minimum absolute atomic E-state index is 0.120. The van der Waals surface area contributed by atoms with Gasteiger partial charge < -0.3 is 0 Å². The van der Waals surface area contributed by atoms with Gasteiger partial charge in [-0.05, 0) is 23.7 Å². The highest BCUT2D eigenvalue weighted by molar-refractivity contribution is 7.18. The Bertz CT molecular complexity index is 423. The largest absolute Gasteiger partial charge is 0.286 e. The number of carbonyl (C=O) groups is 1. The number of carbonyl (C=O) groups excluding carboxylic acids is 1. The van der Waals surface area contributed by atoms with Crippen LogP contribution in [0.15, 0.2) is 17.5 Å². The Morgan fingerprint density at radius 1 is 1.46 bits per heavy atom. The van der Waals surface area contributed by atoms with Crippen molar-refractivity contribution in [3.63, 3.8) is 0 Å². The standard InChI is InChI=1S/C7H3ClN2OS2/c8-6-2-1-5(13-6)7(11)4-3-12-10-9-4/h1-3H. The highest BCUT2D eigenvalue weighted by Gasteiger charge is 2.13. The topological polar surface area (TPSA) is 42.9 Å². The zero-order valence-electron chi connectivity index (χ0n) is 6.23. The normalized spacial score (nSPS) is 10.2. The van der Waals surface area contributed by atoms with Crippen LogP contribution in [0.1, 0.15) is 15.4 Å². The van der Waals surface area contributed by atoms with Crippen molar-refractivity contribution in [3.8, 4) is 0 Å². The van der Waals surface area contributed by atoms with Crippen molar-refractivity contribution in [2.75, 3.05) is 0 Å². The van der Waals surface area contributed by atoms with Crippen LogP contribution in [0.4, 0.5) is 0 Å². The first-order chi connectivity index (χ1) is 6.27. The molecule has 3 nitrogen and oxygen atoms in total. The van der Waals surface area contributed by atoms with E-state index in [2.05, 4.69) is 9.59 Å². The van der Waals surface area contributed by atoms with Crippen LogP contribution >= 0.6 is 34.5 Å². The average molecular weight is 231 g/mol. The Balaban J connectivity index is 2.33. The number of rotatable bonds is 2. The summed E-state index contributed by atoms with van der Waals surface area (Å²) in [4.78, 5) is 12.2. The summed E-state index contributed by atoms with van der Waals surface area (Å²) in [6.45, 7) is 0. The smallest absolute Gasteiger partial charge is 0.224 e. The predicted molar refractivity (Wildman–Crippen MR) is 52.7 cm³/mol. The molecule has 0 aliphatic carbocycles. The third kappa shape index (κ3) is 1.77. The summed E-state index contributed by atoms with van der Waals surface area (Å²) in [5.74, 6) is -0.120. The fourth-order valence-electron chi connectivity index (χ4n) is 0.826. The molecule has 0 aliphatic rings. The quantitative estimate of drug-likeness (QED) is 0.745. The first-order valence-corrected chi connectivity index (χ1v) is 5.37. The molecule has 0 saturated heterocycles. The summed E-state index contributed by atoms with van der Waals surface area (Å²) in [6, 6.07) is 3.38. The summed E-state index contributed by atoms with van der Waals surface area (Å²) < 4.78 is 4.22. The van der Waals surface area contributed by atoms with Gasteiger partial charge in [0.15, 0.2) is 0 Å². The van der Waals surface area contributed by atoms with Gasteiger partial charge in [0.25, 0.3) is 0 Å². The van der Waals surface area contributed by atoms with Crippen LogP contribution in [0.25, 0.3) is 0 Å². The van der Waals surface area contributed by atoms with E-state index in [1.54, 1.807) is 17.5 Å². The summed E-state index contributed by atoms with van der Waals surface area (Å²) in [5.41, 5.74) is 0.378. The van der Waals surface area contributed by atoms with Gasteiger partial charge in [-0.2, -0.15) is 0 Å². The second-order valence-corrected chi connectivity index (χ2v) is 4.55. The van der Waals surface area contributed by atoms with Crippen molar-refractivity contribution >= 4 is 40.3 Å². The molecule has 0 N–H and O–H groups in total. The minimum Gasteiger partial charge on any atom is -0.286 e. The Morgan fingerprint density at radius 2 is 2.31 bits per heavy atom. The van der Waals surface area contributed by atoms with Crippen LogP contribution in [0.3, 0.4) is 0 Å². The lowest BCUT2D eigenvalue weighted by atomic mass is 10.3. The van der Waals surface area contributed by atoms with Crippen molar-refractivity contribution in [2.24, 2.45) is 0 Å². The summed E-state index contributed by atoms with van der Waals surface area (Å²) >= 11 is 8.10. The van der Waals surface area contributed by atoms with E-state index in [-0.39, 0.29) is 5.78 Å². The van der Waals surface area contributed by atoms with E-state index in [4.69, 9.17) is 11.6 Å². The highest BCUT2D eigenvalue weighted by atomic mass is 35.5. The molecule has 0 aliphatic heterocycles. The van der Waals surface area contributed by atoms with Crippen LogP contribution in [0.2, 0.25) is 4.34 Å². The lowest BCUT2D eigenvalue weighted by Gasteiger charge is -1.88. The van der Waals surface area contributed by atoms with Crippen molar-refractivity contribution < 1.29 is 4.79 Å². The molecule has 0 amide bonds. The number of hydrogen-bond donors (Lipinski definition) is 0. The fraction of sp³-hybridized carbons (Fsp3) is 0. The lowest BCUT2D eigenvalue weighted by molar-refractivity contribution is 0.103. The van der Waals surface area contributed by atoms with Gasteiger partial charge in [0.05, 0.1) is 9.21 Å². The third-order valence-corrected chi connectivity index (χ3v) is 3.12. The molecule has 13 heavy (non-hydrogen) atoms. The Labute approximate surface area is 87.1 Å². The molecule has 66 valence electrons. The van der Waals surface area contributed by atoms with Gasteiger partial charge in [-0.15, -0.1) is 16.4 Å². The summed E-state index contributed by atoms with van der Waals surface area (Å²) in [6.07, 6.45) is 0. The molecule has 0 aromatic carbocycles. The molecule has 0 fully saturated rings. The monoisotopic (exact) mass is 230 g/mol. The second-order valence-electron chi connectivity index (χ2n) is 2.22. The number of aromatic nitrogens is 2. The van der Waals surface area contributed by atoms with E-state index < -0.39 is 0 Å². The summed E-state index contributed by atoms with van der Waals surface area (Å²) in [7, 11) is 0. The van der Waals surface area contributed by atoms with Gasteiger partial charge >= 0.3 is 0 Å². The second kappa shape index (κ2) is 3.53. The van der Waals surface area contributed by atoms with E-state index in [9.17, 15) is 4.79 Å². The molecule has 0 saturated carbocycles. The van der Waals surface area contributed by atoms with Crippen LogP contribution in [0, 0.1) is 0 Å². The molecule has 0 unspecified atom stereocenters. The summed E-state index contributed by atoms with van der Waals surface area (Å²) in [5, 5.41) is 5.31. The molecule has 2 rings (SSSR count). The van der Waals surface area contributed by atoms with Crippen molar-refractivity contribution in [2.45, 2.75) is 0 Å². The molecule has 0 radical (unpaired) electrons. The van der Waals surface area contributed by atoms with Crippen molar-refractivity contribution in [3.05, 3.63) is 32.4 Å². The maximum Gasteiger partial charge on any atom is 0.224 e. The van der Waals surface area contributed by atoms with Crippen LogP contribution < -0.4 is 0 Å². The zero-order chi connectivity index (χ0) is 9.26. The third-order valence-electron chi connectivity index (χ3n) is 1.39. The molecule has 2 aromatic rings. The SMILES string of the molecule is O=C(c1csnn1)c1ccc(Cl)s1. The lowest BCUT2D eigenvalue weighted by Crippen LogP contribution is -1.98. The molecule has 0 bridgehead atoms. The molecule has 2 heterocycles. The van der Waals surface area contributed by atoms with E-state index in [0.29, 0.717) is 14.9 Å². The van der Waals surface area contributed by atoms with Gasteiger partial charge in [0.2, 0.25) is 5.78 Å². The van der Waals surface area contributed by atoms with Crippen LogP contribution in [-0.2, 0) is 0 Å². The maximum absolute atomic E-state index is 11.6. The van der Waals surface area contributed by atoms with E-state index in [0.717, 1.165) is 11.5 Å². The number of ketones is 1. The van der Waals surface area contributed by atoms with Crippen LogP contribution in [0.5, 0.6) is 0 Å². The van der Waals surface area contributed by atoms with Gasteiger partial charge in [-0.25, -0.2) is 0 Å². The molecule has 0 atom stereocenters. The first kappa shape index (κ1) is 8.80. The molecule has 2 aromatic heterocycles. The van der Waals surface area contributed by atoms with Crippen molar-refractivity contribution in [1.29, 1.82) is 0 Å². The zero-order valence-corrected chi connectivity index (χ0v) is 8.62. The Kier molecular flexibility index (Phi) is 2.39. The Hall–Kier alpha value is -0.780. The van der Waals surface area contributed by atoms with Gasteiger partial charge in [0, 0.05) is 5.38 Å². The number of halogens is 1. The predicted octanol–water partition coefficient (Wildman–Crippen LogP) is 2.48. The average Bonchev–Trinajstić information content (AvgIpc) is 2.72. The number of hydrogen-bond acceptors (Lipinski definition) is 5. The first-order valence-electron chi connectivity index (χ1n) is 3.34. The van der Waals surface area contributed by atoms with Gasteiger partial charge in [-0.3, -0.25) is 4.79 Å². The molecule has 0 spiro atoms. The van der Waals surface area contributed by atoms with Crippen molar-refractivity contribution in [1.82, 2.24) is 9.59 Å². The van der Waals surface area contributed by atoms with E-state index >= 15 is 0 Å². The molecular formula is C7H3ClN2OS2. The maximum atomic E-state index is 11.6. The van der Waals surface area contributed by atoms with Gasteiger partial charge in [0.1, 0.15) is 5.69 Å². The molecular weight excluding hydrogens is 228 g/mol. The van der Waals surface area contributed by atoms with E-state index in [1.165, 1.54) is 11.3 Å². The van der Waals surface area contributed by atoms with E-state index in [1.807, 2.05) is 0 Å².